The molecule has 0 bridgehead atoms. The van der Waals surface area contributed by atoms with Gasteiger partial charge in [-0.15, -0.1) is 0 Å². The van der Waals surface area contributed by atoms with Gasteiger partial charge >= 0.3 is 0 Å². The fraction of sp³-hybridized carbons (Fsp3) is 0.100. The van der Waals surface area contributed by atoms with Crippen molar-refractivity contribution in [3.8, 4) is 11.3 Å². The van der Waals surface area contributed by atoms with Crippen LogP contribution in [-0.2, 0) is 7.05 Å². The van der Waals surface area contributed by atoms with E-state index in [4.69, 9.17) is 17.3 Å². The molecule has 0 amide bonds. The average Bonchev–Trinajstić information content (AvgIpc) is 2.46. The maximum absolute atomic E-state index is 13.5. The molecule has 0 saturated heterocycles. The molecule has 1 aromatic heterocycles. The van der Waals surface area contributed by atoms with Crippen molar-refractivity contribution >= 4 is 17.5 Å². The van der Waals surface area contributed by atoms with Gasteiger partial charge < -0.3 is 10.3 Å². The number of nitrogen functional groups attached to an aromatic ring is 1. The van der Waals surface area contributed by atoms with E-state index >= 15 is 0 Å². The number of benzene rings is 1. The predicted molar refractivity (Wildman–Crippen MR) is 58.0 cm³/mol. The van der Waals surface area contributed by atoms with Gasteiger partial charge in [-0.2, -0.15) is 0 Å². The summed E-state index contributed by atoms with van der Waals surface area (Å²) in [5.41, 5.74) is 5.86. The Balaban J connectivity index is 2.63. The molecular weight excluding hydrogens is 236 g/mol. The zero-order valence-corrected chi connectivity index (χ0v) is 9.09. The molecule has 2 rings (SSSR count). The number of hydrogen-bond donors (Lipinski definition) is 1. The largest absolute Gasteiger partial charge is 0.369 e. The van der Waals surface area contributed by atoms with Crippen LogP contribution in [0.2, 0.25) is 5.15 Å². The lowest BCUT2D eigenvalue weighted by atomic mass is 10.1. The second-order valence-corrected chi connectivity index (χ2v) is 3.65. The summed E-state index contributed by atoms with van der Waals surface area (Å²) in [6.45, 7) is 0. The second kappa shape index (κ2) is 3.75. The van der Waals surface area contributed by atoms with Gasteiger partial charge in [0.25, 0.3) is 0 Å². The van der Waals surface area contributed by atoms with Gasteiger partial charge in [-0.25, -0.2) is 13.8 Å². The predicted octanol–water partition coefficient (Wildman–Crippen LogP) is 2.60. The third-order valence-corrected chi connectivity index (χ3v) is 2.68. The molecule has 0 spiro atoms. The summed E-state index contributed by atoms with van der Waals surface area (Å²) in [6, 6.07) is 3.19. The number of aromatic nitrogens is 2. The minimum absolute atomic E-state index is 0.124. The van der Waals surface area contributed by atoms with Crippen molar-refractivity contribution in [2.75, 3.05) is 5.73 Å². The molecule has 1 heterocycles. The zero-order chi connectivity index (χ0) is 11.9. The van der Waals surface area contributed by atoms with E-state index < -0.39 is 11.6 Å². The fourth-order valence-corrected chi connectivity index (χ4v) is 1.58. The highest BCUT2D eigenvalue weighted by Crippen LogP contribution is 2.30. The van der Waals surface area contributed by atoms with Gasteiger partial charge in [0.1, 0.15) is 22.5 Å². The minimum Gasteiger partial charge on any atom is -0.369 e. The fourth-order valence-electron chi connectivity index (χ4n) is 1.35. The van der Waals surface area contributed by atoms with Crippen molar-refractivity contribution in [3.05, 3.63) is 35.0 Å². The first kappa shape index (κ1) is 10.9. The van der Waals surface area contributed by atoms with Gasteiger partial charge in [-0.05, 0) is 12.1 Å². The van der Waals surface area contributed by atoms with Gasteiger partial charge in [0.15, 0.2) is 0 Å². The van der Waals surface area contributed by atoms with Crippen LogP contribution < -0.4 is 5.73 Å². The van der Waals surface area contributed by atoms with Crippen LogP contribution in [0.3, 0.4) is 0 Å². The first-order valence-electron chi connectivity index (χ1n) is 4.44. The first-order valence-corrected chi connectivity index (χ1v) is 4.81. The number of imidazole rings is 1. The molecule has 0 unspecified atom stereocenters. The Bertz CT molecular complexity index is 551. The van der Waals surface area contributed by atoms with Crippen LogP contribution in [0, 0.1) is 11.6 Å². The molecule has 2 aromatic rings. The first-order chi connectivity index (χ1) is 7.50. The molecule has 84 valence electrons. The van der Waals surface area contributed by atoms with Gasteiger partial charge in [-0.3, -0.25) is 0 Å². The summed E-state index contributed by atoms with van der Waals surface area (Å²) < 4.78 is 27.6. The second-order valence-electron chi connectivity index (χ2n) is 3.29. The van der Waals surface area contributed by atoms with Crippen LogP contribution in [-0.4, -0.2) is 9.55 Å². The molecule has 16 heavy (non-hydrogen) atoms. The van der Waals surface area contributed by atoms with E-state index in [1.54, 1.807) is 7.05 Å². The summed E-state index contributed by atoms with van der Waals surface area (Å²) >= 11 is 5.92. The van der Waals surface area contributed by atoms with Crippen LogP contribution in [0.1, 0.15) is 0 Å². The molecule has 0 aliphatic rings. The maximum Gasteiger partial charge on any atom is 0.201 e. The van der Waals surface area contributed by atoms with Crippen LogP contribution in [0.15, 0.2) is 18.2 Å². The number of anilines is 1. The van der Waals surface area contributed by atoms with E-state index in [9.17, 15) is 8.78 Å². The lowest BCUT2D eigenvalue weighted by Gasteiger charge is -2.00. The Morgan fingerprint density at radius 2 is 2.06 bits per heavy atom. The lowest BCUT2D eigenvalue weighted by Crippen LogP contribution is -1.96. The van der Waals surface area contributed by atoms with Crippen molar-refractivity contribution in [3.63, 3.8) is 0 Å². The molecule has 0 radical (unpaired) electrons. The van der Waals surface area contributed by atoms with E-state index in [1.165, 1.54) is 10.6 Å². The Kier molecular flexibility index (Phi) is 2.55. The zero-order valence-electron chi connectivity index (χ0n) is 8.34. The number of hydrogen-bond acceptors (Lipinski definition) is 2. The summed E-state index contributed by atoms with van der Waals surface area (Å²) in [5, 5.41) is 0.211. The monoisotopic (exact) mass is 243 g/mol. The topological polar surface area (TPSA) is 43.8 Å². The van der Waals surface area contributed by atoms with Gasteiger partial charge in [0.2, 0.25) is 5.95 Å². The Morgan fingerprint density at radius 3 is 2.56 bits per heavy atom. The average molecular weight is 244 g/mol. The maximum atomic E-state index is 13.5. The van der Waals surface area contributed by atoms with Gasteiger partial charge in [0, 0.05) is 18.7 Å². The highest BCUT2D eigenvalue weighted by atomic mass is 35.5. The van der Waals surface area contributed by atoms with Crippen LogP contribution >= 0.6 is 11.6 Å². The van der Waals surface area contributed by atoms with E-state index in [2.05, 4.69) is 4.98 Å². The van der Waals surface area contributed by atoms with E-state index in [0.29, 0.717) is 0 Å². The molecule has 3 nitrogen and oxygen atoms in total. The number of nitrogens with two attached hydrogens (primary N) is 1. The summed E-state index contributed by atoms with van der Waals surface area (Å²) in [6.07, 6.45) is 0. The van der Waals surface area contributed by atoms with Crippen molar-refractivity contribution in [1.82, 2.24) is 9.55 Å². The molecule has 0 atom stereocenters. The molecule has 2 N–H and O–H groups in total. The summed E-state index contributed by atoms with van der Waals surface area (Å²) in [7, 11) is 1.61. The van der Waals surface area contributed by atoms with E-state index in [-0.39, 0.29) is 22.4 Å². The highest BCUT2D eigenvalue weighted by molar-refractivity contribution is 6.32. The number of halogens is 3. The quantitative estimate of drug-likeness (QED) is 0.837. The highest BCUT2D eigenvalue weighted by Gasteiger charge is 2.16. The summed E-state index contributed by atoms with van der Waals surface area (Å²) in [4.78, 5) is 3.92. The van der Waals surface area contributed by atoms with Crippen molar-refractivity contribution in [2.24, 2.45) is 7.05 Å². The summed E-state index contributed by atoms with van der Waals surface area (Å²) in [5.74, 6) is -1.20. The molecule has 1 aromatic carbocycles. The molecule has 0 aliphatic carbocycles. The van der Waals surface area contributed by atoms with Crippen LogP contribution in [0.5, 0.6) is 0 Å². The van der Waals surface area contributed by atoms with Crippen LogP contribution in [0.4, 0.5) is 14.7 Å². The molecule has 6 heteroatoms. The molecule has 0 fully saturated rings. The van der Waals surface area contributed by atoms with Crippen molar-refractivity contribution in [1.29, 1.82) is 0 Å². The Labute approximate surface area is 95.5 Å². The van der Waals surface area contributed by atoms with E-state index in [0.717, 1.165) is 12.1 Å². The molecule has 0 aliphatic heterocycles. The Hall–Kier alpha value is -1.62. The third kappa shape index (κ3) is 1.63. The lowest BCUT2D eigenvalue weighted by molar-refractivity contribution is 0.585. The molecule has 0 saturated carbocycles. The number of nitrogens with zero attached hydrogens (tertiary/aromatic N) is 2. The normalized spacial score (nSPS) is 10.8. The minimum atomic E-state index is -0.722. The third-order valence-electron chi connectivity index (χ3n) is 2.25. The van der Waals surface area contributed by atoms with Gasteiger partial charge in [0.05, 0.1) is 0 Å². The smallest absolute Gasteiger partial charge is 0.201 e. The van der Waals surface area contributed by atoms with Crippen molar-refractivity contribution in [2.45, 2.75) is 0 Å². The SMILES string of the molecule is Cn1c(N)nc(-c2ccc(F)cc2F)c1Cl. The molecular formula is C10H8ClF2N3. The Morgan fingerprint density at radius 1 is 1.38 bits per heavy atom. The number of rotatable bonds is 1. The standard InChI is InChI=1S/C10H8ClF2N3/c1-16-9(11)8(15-10(16)14)6-3-2-5(12)4-7(6)13/h2-4H,1H3,(H2,14,15). The van der Waals surface area contributed by atoms with Gasteiger partial charge in [-0.1, -0.05) is 11.6 Å². The van der Waals surface area contributed by atoms with Crippen LogP contribution in [0.25, 0.3) is 11.3 Å². The van der Waals surface area contributed by atoms with E-state index in [1.807, 2.05) is 0 Å². The van der Waals surface area contributed by atoms with Crippen molar-refractivity contribution < 1.29 is 8.78 Å².